The van der Waals surface area contributed by atoms with Crippen LogP contribution in [0.1, 0.15) is 18.3 Å². The number of aliphatic hydroxyl groups is 1. The minimum absolute atomic E-state index is 0.142. The van der Waals surface area contributed by atoms with Crippen molar-refractivity contribution >= 4 is 79.4 Å². The lowest BCUT2D eigenvalue weighted by atomic mass is 9.80. The molecule has 1 aromatic carbocycles. The summed E-state index contributed by atoms with van der Waals surface area (Å²) in [5, 5.41) is 18.5. The lowest BCUT2D eigenvalue weighted by Crippen LogP contribution is -2.44. The molecule has 2 aromatic rings. The molecule has 1 aromatic heterocycles. The van der Waals surface area contributed by atoms with Gasteiger partial charge in [0, 0.05) is 27.9 Å². The molecule has 0 aliphatic rings. The monoisotopic (exact) mass is 527 g/mol. The topological polar surface area (TPSA) is 95.9 Å². The number of H-pyrrole nitrogens is 1. The molecule has 0 bridgehead atoms. The Morgan fingerprint density at radius 2 is 1.89 bits per heavy atom. The van der Waals surface area contributed by atoms with Crippen molar-refractivity contribution in [2.45, 2.75) is 27.4 Å². The van der Waals surface area contributed by atoms with E-state index >= 15 is 0 Å². The fourth-order valence-corrected chi connectivity index (χ4v) is 5.84. The number of hydrogen-bond donors (Lipinski definition) is 2. The predicted molar refractivity (Wildman–Crippen MR) is 113 cm³/mol. The molecule has 0 spiro atoms. The fourth-order valence-electron chi connectivity index (χ4n) is 2.65. The van der Waals surface area contributed by atoms with Gasteiger partial charge in [0.15, 0.2) is 20.5 Å². The molecule has 0 amide bonds. The van der Waals surface area contributed by atoms with E-state index in [0.717, 1.165) is 0 Å². The smallest absolute Gasteiger partial charge is 0.247 e. The first-order valence-electron chi connectivity index (χ1n) is 7.72. The lowest BCUT2D eigenvalue weighted by Gasteiger charge is -2.35. The Labute approximate surface area is 192 Å². The van der Waals surface area contributed by atoms with E-state index in [1.165, 1.54) is 31.5 Å². The third-order valence-electron chi connectivity index (χ3n) is 4.24. The second-order valence-corrected chi connectivity index (χ2v) is 12.2. The van der Waals surface area contributed by atoms with Gasteiger partial charge in [0.05, 0.1) is 5.75 Å². The van der Waals surface area contributed by atoms with Crippen LogP contribution in [0.25, 0.3) is 0 Å². The van der Waals surface area contributed by atoms with Crippen LogP contribution in [0.4, 0.5) is 0 Å². The molecule has 0 unspecified atom stereocenters. The number of halogens is 6. The number of nitrogens with one attached hydrogen (secondary N) is 1. The molecule has 0 radical (unpaired) electrons. The van der Waals surface area contributed by atoms with Gasteiger partial charge in [0.25, 0.3) is 0 Å². The summed E-state index contributed by atoms with van der Waals surface area (Å²) < 4.78 is 22.9. The van der Waals surface area contributed by atoms with Crippen LogP contribution in [0.3, 0.4) is 0 Å². The minimum atomic E-state index is -4.26. The van der Waals surface area contributed by atoms with Gasteiger partial charge in [-0.15, -0.1) is 23.2 Å². The molecule has 6 nitrogen and oxygen atoms in total. The van der Waals surface area contributed by atoms with E-state index in [1.54, 1.807) is 0 Å². The van der Waals surface area contributed by atoms with Crippen molar-refractivity contribution in [3.8, 4) is 0 Å². The Balaban J connectivity index is 2.49. The van der Waals surface area contributed by atoms with Gasteiger partial charge < -0.3 is 5.11 Å². The highest BCUT2D eigenvalue weighted by Gasteiger charge is 2.50. The van der Waals surface area contributed by atoms with Crippen LogP contribution in [0.15, 0.2) is 24.5 Å². The highest BCUT2D eigenvalue weighted by atomic mass is 35.5. The van der Waals surface area contributed by atoms with Gasteiger partial charge in [0.1, 0.15) is 11.9 Å². The van der Waals surface area contributed by atoms with E-state index in [-0.39, 0.29) is 22.8 Å². The van der Waals surface area contributed by atoms with Crippen LogP contribution in [0, 0.1) is 5.92 Å². The van der Waals surface area contributed by atoms with Crippen molar-refractivity contribution in [2.24, 2.45) is 5.92 Å². The Hall–Kier alpha value is 0.01000. The third-order valence-corrected chi connectivity index (χ3v) is 10.0. The maximum Gasteiger partial charge on any atom is 0.247 e. The summed E-state index contributed by atoms with van der Waals surface area (Å²) in [7, 11) is -4.26. The molecule has 0 saturated heterocycles. The predicted octanol–water partition coefficient (Wildman–Crippen LogP) is 4.53. The van der Waals surface area contributed by atoms with Crippen LogP contribution in [-0.4, -0.2) is 43.0 Å². The number of benzene rings is 1. The zero-order valence-electron chi connectivity index (χ0n) is 14.2. The van der Waals surface area contributed by atoms with Crippen molar-refractivity contribution in [1.29, 1.82) is 0 Å². The third kappa shape index (κ3) is 5.01. The Morgan fingerprint density at radius 3 is 2.39 bits per heavy atom. The van der Waals surface area contributed by atoms with Gasteiger partial charge in [-0.2, -0.15) is 5.10 Å². The summed E-state index contributed by atoms with van der Waals surface area (Å²) in [6.07, 6.45) is 1.19. The van der Waals surface area contributed by atoms with Crippen LogP contribution in [0.5, 0.6) is 0 Å². The highest BCUT2D eigenvalue weighted by molar-refractivity contribution is 7.95. The van der Waals surface area contributed by atoms with Crippen molar-refractivity contribution in [2.75, 3.05) is 5.75 Å². The van der Waals surface area contributed by atoms with Gasteiger partial charge in [-0.05, 0) is 12.1 Å². The molecule has 2 N–H and O–H groups in total. The van der Waals surface area contributed by atoms with Gasteiger partial charge in [0.2, 0.25) is 3.67 Å². The summed E-state index contributed by atoms with van der Waals surface area (Å²) in [5.74, 6) is -1.36. The molecule has 2 atom stereocenters. The van der Waals surface area contributed by atoms with Gasteiger partial charge in [-0.25, -0.2) is 13.4 Å². The summed E-state index contributed by atoms with van der Waals surface area (Å²) >= 11 is 35.2. The van der Waals surface area contributed by atoms with Gasteiger partial charge >= 0.3 is 0 Å². The molecule has 2 rings (SSSR count). The van der Waals surface area contributed by atoms with Crippen LogP contribution >= 0.6 is 69.6 Å². The average Bonchev–Trinajstić information content (AvgIpc) is 3.06. The van der Waals surface area contributed by atoms with E-state index in [2.05, 4.69) is 15.2 Å². The number of sulfone groups is 1. The molecule has 0 aliphatic heterocycles. The van der Waals surface area contributed by atoms with Gasteiger partial charge in [-0.3, -0.25) is 5.10 Å². The first kappa shape index (κ1) is 24.3. The normalized spacial score (nSPS) is 16.2. The summed E-state index contributed by atoms with van der Waals surface area (Å²) in [4.78, 5) is 2.39. The maximum atomic E-state index is 12.7. The summed E-state index contributed by atoms with van der Waals surface area (Å²) in [6, 6.07) is 4.46. The molecule has 1 heterocycles. The largest absolute Gasteiger partial charge is 0.384 e. The number of alkyl halides is 4. The molecule has 13 heteroatoms. The standard InChI is InChI=1S/C15H15Cl6N3O3S/c1-8(6-28(26,27)15(20,21)13(18)19)14(25,5-12-22-7-23-24-12)10-3-2-9(16)4-11(10)17/h2-4,7-8,13,25H,5-6H2,1H3,(H,22,23,24)/t8-,14+/m0/s1. The highest BCUT2D eigenvalue weighted by Crippen LogP contribution is 2.43. The van der Waals surface area contributed by atoms with Crippen LogP contribution < -0.4 is 0 Å². The molecule has 156 valence electrons. The fraction of sp³-hybridized carbons (Fsp3) is 0.467. The van der Waals surface area contributed by atoms with Crippen molar-refractivity contribution in [3.05, 3.63) is 46.0 Å². The molecule has 28 heavy (non-hydrogen) atoms. The molecule has 0 aliphatic carbocycles. The van der Waals surface area contributed by atoms with Crippen LogP contribution in [0.2, 0.25) is 10.0 Å². The number of hydrogen-bond acceptors (Lipinski definition) is 5. The number of aromatic nitrogens is 3. The van der Waals surface area contributed by atoms with E-state index in [4.69, 9.17) is 69.6 Å². The number of rotatable bonds is 8. The van der Waals surface area contributed by atoms with E-state index < -0.39 is 35.6 Å². The second-order valence-electron chi connectivity index (χ2n) is 6.19. The number of aromatic amines is 1. The van der Waals surface area contributed by atoms with Gasteiger partial charge in [-0.1, -0.05) is 59.4 Å². The lowest BCUT2D eigenvalue weighted by molar-refractivity contribution is -0.0104. The van der Waals surface area contributed by atoms with Crippen molar-refractivity contribution < 1.29 is 13.5 Å². The molecule has 0 fully saturated rings. The maximum absolute atomic E-state index is 12.7. The minimum Gasteiger partial charge on any atom is -0.384 e. The van der Waals surface area contributed by atoms with Crippen LogP contribution in [-0.2, 0) is 21.9 Å². The zero-order valence-corrected chi connectivity index (χ0v) is 19.6. The van der Waals surface area contributed by atoms with Crippen molar-refractivity contribution in [1.82, 2.24) is 15.2 Å². The molecule has 0 saturated carbocycles. The van der Waals surface area contributed by atoms with E-state index in [0.29, 0.717) is 5.02 Å². The number of nitrogens with zero attached hydrogens (tertiary/aromatic N) is 2. The Kier molecular flexibility index (Phi) is 7.82. The summed E-state index contributed by atoms with van der Waals surface area (Å²) in [5.41, 5.74) is -1.55. The quantitative estimate of drug-likeness (QED) is 0.490. The summed E-state index contributed by atoms with van der Waals surface area (Å²) in [6.45, 7) is 1.50. The van der Waals surface area contributed by atoms with E-state index in [1.807, 2.05) is 0 Å². The molecular formula is C15H15Cl6N3O3S. The van der Waals surface area contributed by atoms with Crippen molar-refractivity contribution in [3.63, 3.8) is 0 Å². The SMILES string of the molecule is C[C@@H](CS(=O)(=O)C(Cl)(Cl)C(Cl)Cl)[C@](O)(Cc1nc[nH]n1)c1ccc(Cl)cc1Cl. The Bertz CT molecular complexity index is 923. The average molecular weight is 530 g/mol. The van der Waals surface area contributed by atoms with E-state index in [9.17, 15) is 13.5 Å². The first-order valence-corrected chi connectivity index (χ1v) is 11.8. The zero-order chi connectivity index (χ0) is 21.3. The molecular weight excluding hydrogens is 515 g/mol. The first-order chi connectivity index (χ1) is 12.8. The second kappa shape index (κ2) is 9.02. The Morgan fingerprint density at radius 1 is 1.25 bits per heavy atom.